The first kappa shape index (κ1) is 24.1. The first-order valence-electron chi connectivity index (χ1n) is 11.5. The van der Waals surface area contributed by atoms with Crippen molar-refractivity contribution in [3.8, 4) is 5.75 Å². The molecule has 3 rings (SSSR count). The number of halogens is 1. The van der Waals surface area contributed by atoms with Crippen LogP contribution in [-0.4, -0.2) is 41.9 Å². The van der Waals surface area contributed by atoms with Crippen molar-refractivity contribution in [1.29, 1.82) is 0 Å². The van der Waals surface area contributed by atoms with Gasteiger partial charge in [-0.25, -0.2) is 0 Å². The Bertz CT molecular complexity index is 897. The van der Waals surface area contributed by atoms with Crippen molar-refractivity contribution < 1.29 is 14.3 Å². The lowest BCUT2D eigenvalue weighted by atomic mass is 10.1. The highest BCUT2D eigenvalue weighted by Gasteiger charge is 2.30. The number of carbonyl (C=O) groups is 2. The van der Waals surface area contributed by atoms with Crippen LogP contribution in [0.1, 0.15) is 50.2 Å². The minimum atomic E-state index is -0.512. The second kappa shape index (κ2) is 11.9. The van der Waals surface area contributed by atoms with Crippen molar-refractivity contribution in [2.45, 2.75) is 64.5 Å². The Hall–Kier alpha value is -2.53. The van der Waals surface area contributed by atoms with Gasteiger partial charge in [-0.3, -0.25) is 9.59 Å². The van der Waals surface area contributed by atoms with Crippen LogP contribution in [0, 0.1) is 6.92 Å². The molecule has 1 fully saturated rings. The third-order valence-electron chi connectivity index (χ3n) is 6.06. The van der Waals surface area contributed by atoms with Gasteiger partial charge in [0.05, 0.1) is 0 Å². The lowest BCUT2D eigenvalue weighted by Gasteiger charge is -2.31. The van der Waals surface area contributed by atoms with Gasteiger partial charge in [0.1, 0.15) is 11.8 Å². The number of nitrogens with zero attached hydrogens (tertiary/aromatic N) is 1. The average molecular weight is 457 g/mol. The molecule has 1 aliphatic carbocycles. The summed E-state index contributed by atoms with van der Waals surface area (Å²) in [5.74, 6) is 0.330. The molecule has 0 bridgehead atoms. The summed E-state index contributed by atoms with van der Waals surface area (Å²) in [6, 6.07) is 15.0. The molecular formula is C26H33ClN2O3. The van der Waals surface area contributed by atoms with Crippen molar-refractivity contribution >= 4 is 23.4 Å². The minimum absolute atomic E-state index is 0.0665. The zero-order chi connectivity index (χ0) is 22.9. The fourth-order valence-electron chi connectivity index (χ4n) is 4.20. The Morgan fingerprint density at radius 1 is 1.16 bits per heavy atom. The summed E-state index contributed by atoms with van der Waals surface area (Å²) >= 11 is 6.08. The Morgan fingerprint density at radius 3 is 2.53 bits per heavy atom. The lowest BCUT2D eigenvalue weighted by molar-refractivity contribution is -0.142. The van der Waals surface area contributed by atoms with Gasteiger partial charge < -0.3 is 15.0 Å². The molecule has 1 atom stereocenters. The van der Waals surface area contributed by atoms with E-state index in [-0.39, 0.29) is 24.5 Å². The lowest BCUT2D eigenvalue weighted by Crippen LogP contribution is -2.52. The van der Waals surface area contributed by atoms with E-state index in [1.54, 1.807) is 17.0 Å². The van der Waals surface area contributed by atoms with Crippen molar-refractivity contribution in [1.82, 2.24) is 10.2 Å². The Labute approximate surface area is 196 Å². The molecule has 6 heteroatoms. The van der Waals surface area contributed by atoms with E-state index in [2.05, 4.69) is 5.32 Å². The number of hydrogen-bond acceptors (Lipinski definition) is 3. The van der Waals surface area contributed by atoms with Gasteiger partial charge in [-0.15, -0.1) is 0 Å². The standard InChI is InChI=1S/C26H33ClN2O3/c1-3-24(26(31)28-21-11-7-8-12-21)29(16-15-20-9-5-4-6-10-20)25(30)18-32-22-13-14-23(27)19(2)17-22/h4-6,9-10,13-14,17,21,24H,3,7-8,11-12,15-16,18H2,1-2H3,(H,28,31). The van der Waals surface area contributed by atoms with Gasteiger partial charge in [-0.2, -0.15) is 0 Å². The summed E-state index contributed by atoms with van der Waals surface area (Å²) in [4.78, 5) is 28.0. The van der Waals surface area contributed by atoms with E-state index >= 15 is 0 Å². The van der Waals surface area contributed by atoms with E-state index in [0.29, 0.717) is 30.2 Å². The Kier molecular flexibility index (Phi) is 8.98. The summed E-state index contributed by atoms with van der Waals surface area (Å²) in [6.07, 6.45) is 5.55. The molecular weight excluding hydrogens is 424 g/mol. The summed E-state index contributed by atoms with van der Waals surface area (Å²) < 4.78 is 5.76. The second-order valence-corrected chi connectivity index (χ2v) is 8.84. The highest BCUT2D eigenvalue weighted by atomic mass is 35.5. The molecule has 2 aromatic rings. The van der Waals surface area contributed by atoms with Crippen LogP contribution >= 0.6 is 11.6 Å². The van der Waals surface area contributed by atoms with E-state index in [4.69, 9.17) is 16.3 Å². The molecule has 2 aromatic carbocycles. The first-order valence-corrected chi connectivity index (χ1v) is 11.9. The smallest absolute Gasteiger partial charge is 0.261 e. The maximum atomic E-state index is 13.2. The molecule has 0 spiro atoms. The zero-order valence-corrected chi connectivity index (χ0v) is 19.7. The molecule has 5 nitrogen and oxygen atoms in total. The fraction of sp³-hybridized carbons (Fsp3) is 0.462. The Morgan fingerprint density at radius 2 is 1.88 bits per heavy atom. The molecule has 172 valence electrons. The van der Waals surface area contributed by atoms with Crippen LogP contribution in [0.3, 0.4) is 0 Å². The van der Waals surface area contributed by atoms with Gasteiger partial charge in [0.25, 0.3) is 5.91 Å². The Balaban J connectivity index is 1.70. The molecule has 1 N–H and O–H groups in total. The number of carbonyl (C=O) groups excluding carboxylic acids is 2. The molecule has 1 aliphatic rings. The minimum Gasteiger partial charge on any atom is -0.484 e. The maximum Gasteiger partial charge on any atom is 0.261 e. The van der Waals surface area contributed by atoms with Crippen molar-refractivity contribution in [3.05, 3.63) is 64.7 Å². The van der Waals surface area contributed by atoms with Crippen LogP contribution < -0.4 is 10.1 Å². The summed E-state index contributed by atoms with van der Waals surface area (Å²) in [5.41, 5.74) is 2.02. The highest BCUT2D eigenvalue weighted by molar-refractivity contribution is 6.31. The summed E-state index contributed by atoms with van der Waals surface area (Å²) in [7, 11) is 0. The summed E-state index contributed by atoms with van der Waals surface area (Å²) in [6.45, 7) is 4.18. The van der Waals surface area contributed by atoms with Gasteiger partial charge in [-0.1, -0.05) is 61.7 Å². The molecule has 0 aromatic heterocycles. The SMILES string of the molecule is CCC(C(=O)NC1CCCC1)N(CCc1ccccc1)C(=O)COc1ccc(Cl)c(C)c1. The van der Waals surface area contributed by atoms with Gasteiger partial charge in [0.15, 0.2) is 6.61 Å². The molecule has 0 heterocycles. The predicted molar refractivity (Wildman–Crippen MR) is 128 cm³/mol. The van der Waals surface area contributed by atoms with Crippen molar-refractivity contribution in [2.75, 3.05) is 13.2 Å². The van der Waals surface area contributed by atoms with E-state index in [0.717, 1.165) is 36.8 Å². The number of rotatable bonds is 10. The number of hydrogen-bond donors (Lipinski definition) is 1. The summed E-state index contributed by atoms with van der Waals surface area (Å²) in [5, 5.41) is 3.82. The fourth-order valence-corrected chi connectivity index (χ4v) is 4.32. The van der Waals surface area contributed by atoms with Crippen molar-refractivity contribution in [3.63, 3.8) is 0 Å². The second-order valence-electron chi connectivity index (χ2n) is 8.44. The van der Waals surface area contributed by atoms with Gasteiger partial charge in [0.2, 0.25) is 5.91 Å². The zero-order valence-electron chi connectivity index (χ0n) is 19.0. The molecule has 0 radical (unpaired) electrons. The highest BCUT2D eigenvalue weighted by Crippen LogP contribution is 2.22. The molecule has 0 aliphatic heterocycles. The molecule has 0 saturated heterocycles. The normalized spacial score (nSPS) is 14.7. The van der Waals surface area contributed by atoms with E-state index in [9.17, 15) is 9.59 Å². The van der Waals surface area contributed by atoms with E-state index in [1.807, 2.05) is 50.2 Å². The third-order valence-corrected chi connectivity index (χ3v) is 6.49. The largest absolute Gasteiger partial charge is 0.484 e. The number of nitrogens with one attached hydrogen (secondary N) is 1. The van der Waals surface area contributed by atoms with Gasteiger partial charge in [-0.05, 0) is 61.9 Å². The van der Waals surface area contributed by atoms with Gasteiger partial charge in [0, 0.05) is 17.6 Å². The van der Waals surface area contributed by atoms with E-state index in [1.165, 1.54) is 0 Å². The van der Waals surface area contributed by atoms with Crippen LogP contribution in [0.4, 0.5) is 0 Å². The van der Waals surface area contributed by atoms with Crippen LogP contribution in [0.25, 0.3) is 0 Å². The number of ether oxygens (including phenoxy) is 1. The van der Waals surface area contributed by atoms with Gasteiger partial charge >= 0.3 is 0 Å². The predicted octanol–water partition coefficient (Wildman–Crippen LogP) is 4.94. The van der Waals surface area contributed by atoms with Crippen LogP contribution in [-0.2, 0) is 16.0 Å². The molecule has 1 saturated carbocycles. The number of amides is 2. The van der Waals surface area contributed by atoms with Crippen molar-refractivity contribution in [2.24, 2.45) is 0 Å². The first-order chi connectivity index (χ1) is 15.5. The topological polar surface area (TPSA) is 58.6 Å². The van der Waals surface area contributed by atoms with Crippen LogP contribution in [0.5, 0.6) is 5.75 Å². The number of benzene rings is 2. The number of aryl methyl sites for hydroxylation is 1. The average Bonchev–Trinajstić information content (AvgIpc) is 3.30. The van der Waals surface area contributed by atoms with Crippen LogP contribution in [0.15, 0.2) is 48.5 Å². The molecule has 1 unspecified atom stereocenters. The van der Waals surface area contributed by atoms with Crippen LogP contribution in [0.2, 0.25) is 5.02 Å². The molecule has 2 amide bonds. The monoisotopic (exact) mass is 456 g/mol. The van der Waals surface area contributed by atoms with E-state index < -0.39 is 6.04 Å². The maximum absolute atomic E-state index is 13.2. The molecule has 32 heavy (non-hydrogen) atoms. The quantitative estimate of drug-likeness (QED) is 0.551. The third kappa shape index (κ3) is 6.73.